The first kappa shape index (κ1) is 14.6. The SMILES string of the molecule is CCCn1cc(Cl)cc1C(=O)Nc1ccc(CO)cc1. The van der Waals surface area contributed by atoms with Crippen molar-refractivity contribution in [1.29, 1.82) is 0 Å². The number of anilines is 1. The molecule has 0 saturated carbocycles. The van der Waals surface area contributed by atoms with Crippen LogP contribution >= 0.6 is 11.6 Å². The zero-order chi connectivity index (χ0) is 14.5. The monoisotopic (exact) mass is 292 g/mol. The van der Waals surface area contributed by atoms with Gasteiger partial charge in [-0.25, -0.2) is 0 Å². The molecule has 0 aliphatic heterocycles. The lowest BCUT2D eigenvalue weighted by Gasteiger charge is -2.09. The van der Waals surface area contributed by atoms with Gasteiger partial charge in [0, 0.05) is 18.4 Å². The third kappa shape index (κ3) is 3.40. The molecule has 0 aliphatic rings. The number of aliphatic hydroxyl groups is 1. The number of nitrogens with one attached hydrogen (secondary N) is 1. The topological polar surface area (TPSA) is 54.3 Å². The van der Waals surface area contributed by atoms with Gasteiger partial charge in [-0.1, -0.05) is 30.7 Å². The molecule has 4 nitrogen and oxygen atoms in total. The molecule has 0 unspecified atom stereocenters. The van der Waals surface area contributed by atoms with Crippen LogP contribution in [-0.4, -0.2) is 15.6 Å². The number of carbonyl (C=O) groups excluding carboxylic acids is 1. The number of aliphatic hydroxyl groups excluding tert-OH is 1. The van der Waals surface area contributed by atoms with Gasteiger partial charge in [-0.15, -0.1) is 0 Å². The Kier molecular flexibility index (Phi) is 4.82. The van der Waals surface area contributed by atoms with E-state index in [1.807, 2.05) is 11.5 Å². The molecule has 2 rings (SSSR count). The third-order valence-corrected chi connectivity index (χ3v) is 3.16. The van der Waals surface area contributed by atoms with Crippen LogP contribution in [0.3, 0.4) is 0 Å². The van der Waals surface area contributed by atoms with E-state index in [0.29, 0.717) is 16.4 Å². The number of carbonyl (C=O) groups is 1. The molecule has 1 aromatic heterocycles. The van der Waals surface area contributed by atoms with Crippen molar-refractivity contribution in [3.8, 4) is 0 Å². The Morgan fingerprint density at radius 3 is 2.65 bits per heavy atom. The van der Waals surface area contributed by atoms with Crippen LogP contribution in [0.4, 0.5) is 5.69 Å². The largest absolute Gasteiger partial charge is 0.392 e. The quantitative estimate of drug-likeness (QED) is 0.888. The summed E-state index contributed by atoms with van der Waals surface area (Å²) >= 11 is 5.96. The van der Waals surface area contributed by atoms with Gasteiger partial charge in [0.25, 0.3) is 5.91 Å². The molecule has 106 valence electrons. The molecule has 2 aromatic rings. The molecular weight excluding hydrogens is 276 g/mol. The van der Waals surface area contributed by atoms with Gasteiger partial charge < -0.3 is 15.0 Å². The van der Waals surface area contributed by atoms with Crippen molar-refractivity contribution in [3.63, 3.8) is 0 Å². The summed E-state index contributed by atoms with van der Waals surface area (Å²) in [5.41, 5.74) is 2.04. The summed E-state index contributed by atoms with van der Waals surface area (Å²) in [6.07, 6.45) is 2.69. The predicted molar refractivity (Wildman–Crippen MR) is 80.1 cm³/mol. The molecule has 0 radical (unpaired) electrons. The van der Waals surface area contributed by atoms with E-state index in [1.54, 1.807) is 36.5 Å². The lowest BCUT2D eigenvalue weighted by Crippen LogP contribution is -2.16. The summed E-state index contributed by atoms with van der Waals surface area (Å²) in [7, 11) is 0. The Bertz CT molecular complexity index is 590. The molecule has 0 saturated heterocycles. The van der Waals surface area contributed by atoms with Crippen LogP contribution < -0.4 is 5.32 Å². The second kappa shape index (κ2) is 6.59. The highest BCUT2D eigenvalue weighted by Crippen LogP contribution is 2.17. The van der Waals surface area contributed by atoms with Crippen LogP contribution in [0.15, 0.2) is 36.5 Å². The summed E-state index contributed by atoms with van der Waals surface area (Å²) in [5.74, 6) is -0.193. The molecule has 5 heteroatoms. The van der Waals surface area contributed by atoms with Crippen molar-refractivity contribution >= 4 is 23.2 Å². The maximum atomic E-state index is 12.2. The number of hydrogen-bond acceptors (Lipinski definition) is 2. The first-order valence-electron chi connectivity index (χ1n) is 6.51. The van der Waals surface area contributed by atoms with Gasteiger partial charge in [-0.2, -0.15) is 0 Å². The number of amides is 1. The molecule has 1 heterocycles. The Labute approximate surface area is 123 Å². The van der Waals surface area contributed by atoms with E-state index in [2.05, 4.69) is 5.32 Å². The normalized spacial score (nSPS) is 10.6. The van der Waals surface area contributed by atoms with Crippen molar-refractivity contribution in [2.24, 2.45) is 0 Å². The maximum absolute atomic E-state index is 12.2. The van der Waals surface area contributed by atoms with Crippen LogP contribution in [0.2, 0.25) is 5.02 Å². The molecule has 20 heavy (non-hydrogen) atoms. The number of rotatable bonds is 5. The standard InChI is InChI=1S/C15H17ClN2O2/c1-2-7-18-9-12(16)8-14(18)15(20)17-13-5-3-11(10-19)4-6-13/h3-6,8-9,19H,2,7,10H2,1H3,(H,17,20). The smallest absolute Gasteiger partial charge is 0.272 e. The molecule has 0 aliphatic carbocycles. The lowest BCUT2D eigenvalue weighted by molar-refractivity contribution is 0.101. The van der Waals surface area contributed by atoms with Gasteiger partial charge in [0.1, 0.15) is 5.69 Å². The van der Waals surface area contributed by atoms with Gasteiger partial charge in [0.15, 0.2) is 0 Å². The maximum Gasteiger partial charge on any atom is 0.272 e. The van der Waals surface area contributed by atoms with E-state index in [0.717, 1.165) is 18.5 Å². The molecule has 0 fully saturated rings. The highest BCUT2D eigenvalue weighted by Gasteiger charge is 2.13. The van der Waals surface area contributed by atoms with E-state index < -0.39 is 0 Å². The Morgan fingerprint density at radius 1 is 1.35 bits per heavy atom. The number of aromatic nitrogens is 1. The summed E-state index contributed by atoms with van der Waals surface area (Å²) in [5, 5.41) is 12.4. The lowest BCUT2D eigenvalue weighted by atomic mass is 10.2. The Balaban J connectivity index is 2.14. The van der Waals surface area contributed by atoms with Crippen molar-refractivity contribution in [2.45, 2.75) is 26.5 Å². The van der Waals surface area contributed by atoms with E-state index >= 15 is 0 Å². The number of halogens is 1. The van der Waals surface area contributed by atoms with Gasteiger partial charge in [-0.05, 0) is 30.2 Å². The van der Waals surface area contributed by atoms with E-state index in [1.165, 1.54) is 0 Å². The van der Waals surface area contributed by atoms with Crippen LogP contribution in [-0.2, 0) is 13.2 Å². The molecular formula is C15H17ClN2O2. The average molecular weight is 293 g/mol. The van der Waals surface area contributed by atoms with Crippen LogP contribution in [0.1, 0.15) is 29.4 Å². The molecule has 1 amide bonds. The van der Waals surface area contributed by atoms with Crippen molar-refractivity contribution < 1.29 is 9.90 Å². The molecule has 0 spiro atoms. The highest BCUT2D eigenvalue weighted by molar-refractivity contribution is 6.31. The minimum absolute atomic E-state index is 0.0107. The predicted octanol–water partition coefficient (Wildman–Crippen LogP) is 3.30. The number of nitrogens with zero attached hydrogens (tertiary/aromatic N) is 1. The van der Waals surface area contributed by atoms with Crippen molar-refractivity contribution in [1.82, 2.24) is 4.57 Å². The zero-order valence-corrected chi connectivity index (χ0v) is 12.0. The fourth-order valence-corrected chi connectivity index (χ4v) is 2.20. The van der Waals surface area contributed by atoms with Crippen LogP contribution in [0.25, 0.3) is 0 Å². The van der Waals surface area contributed by atoms with Gasteiger partial charge >= 0.3 is 0 Å². The third-order valence-electron chi connectivity index (χ3n) is 2.95. The first-order chi connectivity index (χ1) is 9.63. The summed E-state index contributed by atoms with van der Waals surface area (Å²) in [4.78, 5) is 12.2. The van der Waals surface area contributed by atoms with Gasteiger partial charge in [0.05, 0.1) is 11.6 Å². The molecule has 0 bridgehead atoms. The zero-order valence-electron chi connectivity index (χ0n) is 11.3. The van der Waals surface area contributed by atoms with Crippen LogP contribution in [0.5, 0.6) is 0 Å². The van der Waals surface area contributed by atoms with E-state index in [4.69, 9.17) is 16.7 Å². The van der Waals surface area contributed by atoms with E-state index in [-0.39, 0.29) is 12.5 Å². The molecule has 2 N–H and O–H groups in total. The minimum atomic E-state index is -0.193. The van der Waals surface area contributed by atoms with Crippen molar-refractivity contribution in [3.05, 3.63) is 52.8 Å². The summed E-state index contributed by atoms with van der Waals surface area (Å²) in [6.45, 7) is 2.78. The average Bonchev–Trinajstić information content (AvgIpc) is 2.81. The molecule has 0 atom stereocenters. The fourth-order valence-electron chi connectivity index (χ4n) is 1.98. The summed E-state index contributed by atoms with van der Waals surface area (Å²) < 4.78 is 1.85. The minimum Gasteiger partial charge on any atom is -0.392 e. The van der Waals surface area contributed by atoms with E-state index in [9.17, 15) is 4.79 Å². The molecule has 1 aromatic carbocycles. The summed E-state index contributed by atoms with van der Waals surface area (Å²) in [6, 6.07) is 8.73. The first-order valence-corrected chi connectivity index (χ1v) is 6.88. The number of aryl methyl sites for hydroxylation is 1. The Hall–Kier alpha value is -1.78. The fraction of sp³-hybridized carbons (Fsp3) is 0.267. The van der Waals surface area contributed by atoms with Gasteiger partial charge in [0.2, 0.25) is 0 Å². The van der Waals surface area contributed by atoms with Gasteiger partial charge in [-0.3, -0.25) is 4.79 Å². The second-order valence-corrected chi connectivity index (χ2v) is 4.98. The number of benzene rings is 1. The highest BCUT2D eigenvalue weighted by atomic mass is 35.5. The van der Waals surface area contributed by atoms with Crippen LogP contribution in [0, 0.1) is 0 Å². The second-order valence-electron chi connectivity index (χ2n) is 4.55. The van der Waals surface area contributed by atoms with Crippen molar-refractivity contribution in [2.75, 3.05) is 5.32 Å². The number of hydrogen-bond donors (Lipinski definition) is 2. The Morgan fingerprint density at radius 2 is 2.05 bits per heavy atom.